The van der Waals surface area contributed by atoms with Crippen LogP contribution in [0.25, 0.3) is 0 Å². The Bertz CT molecular complexity index is 483. The fraction of sp³-hybridized carbons (Fsp3) is 0.895. The zero-order valence-corrected chi connectivity index (χ0v) is 16.0. The van der Waals surface area contributed by atoms with Crippen molar-refractivity contribution in [2.45, 2.75) is 51.1 Å². The average molecular weight is 367 g/mol. The van der Waals surface area contributed by atoms with E-state index >= 15 is 0 Å². The van der Waals surface area contributed by atoms with E-state index in [4.69, 9.17) is 5.11 Å². The maximum atomic E-state index is 12.2. The molecule has 2 aliphatic carbocycles. The molecule has 1 heterocycles. The van der Waals surface area contributed by atoms with Gasteiger partial charge in [0.15, 0.2) is 0 Å². The zero-order chi connectivity index (χ0) is 18.5. The average Bonchev–Trinajstić information content (AvgIpc) is 3.39. The summed E-state index contributed by atoms with van der Waals surface area (Å²) in [7, 11) is 0. The molecule has 0 aromatic rings. The lowest BCUT2D eigenvalue weighted by atomic mass is 9.85. The molecule has 0 aromatic carbocycles. The molecule has 2 saturated carbocycles. The van der Waals surface area contributed by atoms with E-state index in [2.05, 4.69) is 26.9 Å². The third kappa shape index (κ3) is 5.93. The summed E-state index contributed by atoms with van der Waals surface area (Å²) in [4.78, 5) is 30.2. The highest BCUT2D eigenvalue weighted by molar-refractivity contribution is 5.76. The Kier molecular flexibility index (Phi) is 6.89. The summed E-state index contributed by atoms with van der Waals surface area (Å²) in [5.74, 6) is 0.0795. The number of carbonyl (C=O) groups excluding carboxylic acids is 1. The maximum absolute atomic E-state index is 12.2. The highest BCUT2D eigenvalue weighted by Gasteiger charge is 2.37. The Morgan fingerprint density at radius 1 is 1.12 bits per heavy atom. The van der Waals surface area contributed by atoms with Gasteiger partial charge in [0, 0.05) is 57.8 Å². The molecule has 0 bridgehead atoms. The third-order valence-corrected chi connectivity index (χ3v) is 6.09. The van der Waals surface area contributed by atoms with Crippen LogP contribution in [0.4, 0.5) is 0 Å². The van der Waals surface area contributed by atoms with Crippen LogP contribution in [-0.2, 0) is 9.59 Å². The summed E-state index contributed by atoms with van der Waals surface area (Å²) in [6.45, 7) is 9.48. The predicted octanol–water partition coefficient (Wildman–Crippen LogP) is 0.458. The minimum Gasteiger partial charge on any atom is -0.480 e. The van der Waals surface area contributed by atoms with Crippen LogP contribution in [0.3, 0.4) is 0 Å². The smallest absolute Gasteiger partial charge is 0.317 e. The number of carbonyl (C=O) groups is 2. The molecular formula is C19H34N4O3. The second-order valence-corrected chi connectivity index (χ2v) is 8.18. The van der Waals surface area contributed by atoms with E-state index in [1.807, 2.05) is 0 Å². The summed E-state index contributed by atoms with van der Waals surface area (Å²) in [6, 6.07) is 0.541. The number of rotatable bonds is 10. The van der Waals surface area contributed by atoms with Crippen LogP contribution in [0, 0.1) is 5.92 Å². The molecule has 1 amide bonds. The number of nitrogens with one attached hydrogen (secondary N) is 1. The van der Waals surface area contributed by atoms with Crippen LogP contribution in [0.2, 0.25) is 0 Å². The van der Waals surface area contributed by atoms with Crippen molar-refractivity contribution in [1.82, 2.24) is 20.0 Å². The van der Waals surface area contributed by atoms with E-state index in [9.17, 15) is 9.59 Å². The Morgan fingerprint density at radius 2 is 1.77 bits per heavy atom. The van der Waals surface area contributed by atoms with Gasteiger partial charge in [0.25, 0.3) is 0 Å². The molecule has 148 valence electrons. The zero-order valence-electron chi connectivity index (χ0n) is 16.0. The number of hydrogen-bond acceptors (Lipinski definition) is 5. The van der Waals surface area contributed by atoms with E-state index in [0.29, 0.717) is 18.4 Å². The Labute approximate surface area is 156 Å². The molecule has 1 saturated heterocycles. The van der Waals surface area contributed by atoms with Gasteiger partial charge in [-0.3, -0.25) is 14.5 Å². The number of hydrogen-bond donors (Lipinski definition) is 2. The van der Waals surface area contributed by atoms with Gasteiger partial charge >= 0.3 is 5.97 Å². The first-order valence-corrected chi connectivity index (χ1v) is 10.2. The third-order valence-electron chi connectivity index (χ3n) is 6.09. The first-order chi connectivity index (χ1) is 12.5. The van der Waals surface area contributed by atoms with Crippen molar-refractivity contribution in [2.75, 3.05) is 52.4 Å². The molecule has 3 fully saturated rings. The second-order valence-electron chi connectivity index (χ2n) is 8.18. The molecule has 0 radical (unpaired) electrons. The van der Waals surface area contributed by atoms with Gasteiger partial charge < -0.3 is 20.2 Å². The topological polar surface area (TPSA) is 76.1 Å². The standard InChI is InChI=1S/C19H34N4O3/c1-2-21-7-9-22(10-8-21)6-5-18(24)20-16-11-17(12-16)23(14-19(25)26)13-15-3-4-15/h15-17H,2-14H2,1H3,(H,20,24)(H,25,26). The molecule has 7 nitrogen and oxygen atoms in total. The van der Waals surface area contributed by atoms with Crippen molar-refractivity contribution < 1.29 is 14.7 Å². The van der Waals surface area contributed by atoms with Crippen LogP contribution in [0.5, 0.6) is 0 Å². The van der Waals surface area contributed by atoms with Crippen LogP contribution in [0.15, 0.2) is 0 Å². The van der Waals surface area contributed by atoms with E-state index in [1.165, 1.54) is 12.8 Å². The lowest BCUT2D eigenvalue weighted by Crippen LogP contribution is -2.55. The fourth-order valence-electron chi connectivity index (χ4n) is 4.04. The summed E-state index contributed by atoms with van der Waals surface area (Å²) >= 11 is 0. The highest BCUT2D eigenvalue weighted by Crippen LogP contribution is 2.33. The van der Waals surface area contributed by atoms with Gasteiger partial charge in [-0.25, -0.2) is 0 Å². The molecule has 1 aliphatic heterocycles. The van der Waals surface area contributed by atoms with Crippen LogP contribution in [-0.4, -0.2) is 96.1 Å². The highest BCUT2D eigenvalue weighted by atomic mass is 16.4. The van der Waals surface area contributed by atoms with E-state index < -0.39 is 5.97 Å². The molecule has 0 atom stereocenters. The normalized spacial score (nSPS) is 27.3. The van der Waals surface area contributed by atoms with Gasteiger partial charge in [-0.05, 0) is 38.1 Å². The number of piperazine rings is 1. The summed E-state index contributed by atoms with van der Waals surface area (Å²) in [5.41, 5.74) is 0. The second kappa shape index (κ2) is 9.15. The number of carboxylic acids is 1. The van der Waals surface area contributed by atoms with Gasteiger partial charge in [-0.15, -0.1) is 0 Å². The minimum absolute atomic E-state index is 0.131. The molecule has 3 rings (SSSR count). The van der Waals surface area contributed by atoms with Crippen LogP contribution >= 0.6 is 0 Å². The maximum Gasteiger partial charge on any atom is 0.317 e. The number of likely N-dealkylation sites (N-methyl/N-ethyl adjacent to an activating group) is 1. The Morgan fingerprint density at radius 3 is 2.35 bits per heavy atom. The van der Waals surface area contributed by atoms with E-state index in [0.717, 1.165) is 58.7 Å². The van der Waals surface area contributed by atoms with Crippen molar-refractivity contribution in [3.05, 3.63) is 0 Å². The molecule has 7 heteroatoms. The van der Waals surface area contributed by atoms with Crippen LogP contribution < -0.4 is 5.32 Å². The lowest BCUT2D eigenvalue weighted by Gasteiger charge is -2.42. The largest absolute Gasteiger partial charge is 0.480 e. The van der Waals surface area contributed by atoms with Crippen molar-refractivity contribution in [2.24, 2.45) is 5.92 Å². The van der Waals surface area contributed by atoms with Gasteiger partial charge in [-0.1, -0.05) is 6.92 Å². The number of nitrogens with zero attached hydrogens (tertiary/aromatic N) is 3. The SMILES string of the molecule is CCN1CCN(CCC(=O)NC2CC(N(CC(=O)O)CC3CC3)C2)CC1. The van der Waals surface area contributed by atoms with E-state index in [1.54, 1.807) is 0 Å². The summed E-state index contributed by atoms with van der Waals surface area (Å²) < 4.78 is 0. The van der Waals surface area contributed by atoms with Gasteiger partial charge in [0.1, 0.15) is 0 Å². The minimum atomic E-state index is -0.749. The summed E-state index contributed by atoms with van der Waals surface area (Å²) in [5, 5.41) is 12.2. The lowest BCUT2D eigenvalue weighted by molar-refractivity contribution is -0.140. The number of amides is 1. The molecule has 26 heavy (non-hydrogen) atoms. The van der Waals surface area contributed by atoms with Crippen molar-refractivity contribution in [3.8, 4) is 0 Å². The monoisotopic (exact) mass is 366 g/mol. The Balaban J connectivity index is 1.30. The van der Waals surface area contributed by atoms with Gasteiger partial charge in [-0.2, -0.15) is 0 Å². The number of aliphatic carboxylic acids is 1. The number of carboxylic acid groups (broad SMARTS) is 1. The van der Waals surface area contributed by atoms with Crippen molar-refractivity contribution >= 4 is 11.9 Å². The molecule has 3 aliphatic rings. The molecular weight excluding hydrogens is 332 g/mol. The van der Waals surface area contributed by atoms with Gasteiger partial charge in [0.2, 0.25) is 5.91 Å². The van der Waals surface area contributed by atoms with Crippen molar-refractivity contribution in [1.29, 1.82) is 0 Å². The molecule has 2 N–H and O–H groups in total. The molecule has 0 aromatic heterocycles. The van der Waals surface area contributed by atoms with E-state index in [-0.39, 0.29) is 18.5 Å². The molecule has 0 spiro atoms. The fourth-order valence-corrected chi connectivity index (χ4v) is 4.04. The Hall–Kier alpha value is -1.18. The van der Waals surface area contributed by atoms with Crippen molar-refractivity contribution in [3.63, 3.8) is 0 Å². The molecule has 0 unspecified atom stereocenters. The predicted molar refractivity (Wildman–Crippen MR) is 100 cm³/mol. The van der Waals surface area contributed by atoms with Gasteiger partial charge in [0.05, 0.1) is 6.54 Å². The first-order valence-electron chi connectivity index (χ1n) is 10.2. The van der Waals surface area contributed by atoms with Crippen LogP contribution in [0.1, 0.15) is 39.0 Å². The first kappa shape index (κ1) is 19.6. The quantitative estimate of drug-likeness (QED) is 0.585. The summed E-state index contributed by atoms with van der Waals surface area (Å²) in [6.07, 6.45) is 4.81.